The van der Waals surface area contributed by atoms with Crippen LogP contribution < -0.4 is 16.0 Å². The van der Waals surface area contributed by atoms with E-state index in [1.165, 1.54) is 17.5 Å². The number of hydrogen-bond donors (Lipinski definition) is 3. The number of nitrogens with zero attached hydrogens (tertiary/aromatic N) is 3. The summed E-state index contributed by atoms with van der Waals surface area (Å²) in [5.41, 5.74) is 2.48. The van der Waals surface area contributed by atoms with Crippen molar-refractivity contribution >= 4 is 29.9 Å². The summed E-state index contributed by atoms with van der Waals surface area (Å²) in [6.45, 7) is 8.98. The Morgan fingerprint density at radius 2 is 1.69 bits per heavy atom. The van der Waals surface area contributed by atoms with Crippen LogP contribution in [0.5, 0.6) is 0 Å². The van der Waals surface area contributed by atoms with E-state index in [1.54, 1.807) is 32.6 Å². The Balaban J connectivity index is 1.27. The summed E-state index contributed by atoms with van der Waals surface area (Å²) in [6.07, 6.45) is 4.77. The van der Waals surface area contributed by atoms with Crippen LogP contribution in [0.2, 0.25) is 0 Å². The molecule has 13 heteroatoms. The highest BCUT2D eigenvalue weighted by molar-refractivity contribution is 5.94. The molecule has 2 aliphatic heterocycles. The summed E-state index contributed by atoms with van der Waals surface area (Å²) in [6, 6.07) is 14.9. The van der Waals surface area contributed by atoms with E-state index in [2.05, 4.69) is 33.0 Å². The molecule has 0 spiro atoms. The lowest BCUT2D eigenvalue weighted by molar-refractivity contribution is -0.148. The van der Waals surface area contributed by atoms with Gasteiger partial charge in [-0.2, -0.15) is 0 Å². The van der Waals surface area contributed by atoms with Gasteiger partial charge in [0.25, 0.3) is 0 Å². The summed E-state index contributed by atoms with van der Waals surface area (Å²) >= 11 is 0. The molecular weight excluding hydrogens is 688 g/mol. The molecule has 3 aliphatic rings. The van der Waals surface area contributed by atoms with E-state index in [9.17, 15) is 24.0 Å². The van der Waals surface area contributed by atoms with Gasteiger partial charge in [-0.3, -0.25) is 24.2 Å². The van der Waals surface area contributed by atoms with Crippen molar-refractivity contribution in [2.45, 2.75) is 121 Å². The van der Waals surface area contributed by atoms with Gasteiger partial charge in [-0.05, 0) is 102 Å². The number of amides is 5. The van der Waals surface area contributed by atoms with Gasteiger partial charge in [-0.25, -0.2) is 9.59 Å². The van der Waals surface area contributed by atoms with Crippen molar-refractivity contribution in [3.63, 3.8) is 0 Å². The van der Waals surface area contributed by atoms with Gasteiger partial charge in [-0.1, -0.05) is 54.6 Å². The fraction of sp³-hybridized carbons (Fsp3) is 0.585. The Hall–Kier alpha value is -4.65. The van der Waals surface area contributed by atoms with Gasteiger partial charge in [-0.15, -0.1) is 0 Å². The number of nitrogens with one attached hydrogen (secondary N) is 3. The molecule has 5 atom stereocenters. The van der Waals surface area contributed by atoms with Crippen LogP contribution >= 0.6 is 0 Å². The number of ether oxygens (including phenoxy) is 2. The van der Waals surface area contributed by atoms with Crippen LogP contribution in [0.4, 0.5) is 9.59 Å². The highest BCUT2D eigenvalue weighted by atomic mass is 16.6. The normalized spacial score (nSPS) is 20.8. The first-order valence-electron chi connectivity index (χ1n) is 19.4. The van der Waals surface area contributed by atoms with Crippen molar-refractivity contribution in [2.24, 2.45) is 0 Å². The number of carbonyl (C=O) groups is 5. The average molecular weight is 747 g/mol. The number of rotatable bonds is 13. The maximum atomic E-state index is 14.7. The first kappa shape index (κ1) is 40.5. The molecule has 1 aliphatic carbocycles. The van der Waals surface area contributed by atoms with Crippen molar-refractivity contribution in [3.8, 4) is 0 Å². The quantitative estimate of drug-likeness (QED) is 0.250. The number of carbonyl (C=O) groups excluding carboxylic acids is 5. The lowest BCUT2D eigenvalue weighted by Gasteiger charge is -2.44. The first-order chi connectivity index (χ1) is 25.8. The smallest absolute Gasteiger partial charge is 0.410 e. The van der Waals surface area contributed by atoms with Gasteiger partial charge < -0.3 is 30.3 Å². The molecule has 294 valence electrons. The zero-order valence-corrected chi connectivity index (χ0v) is 32.5. The molecule has 2 aromatic carbocycles. The number of alkyl carbamates (subject to hydrolysis) is 1. The van der Waals surface area contributed by atoms with E-state index in [0.29, 0.717) is 32.5 Å². The van der Waals surface area contributed by atoms with Crippen LogP contribution in [-0.2, 0) is 36.9 Å². The van der Waals surface area contributed by atoms with E-state index < -0.39 is 41.8 Å². The van der Waals surface area contributed by atoms with Crippen LogP contribution in [0.25, 0.3) is 0 Å². The highest BCUT2D eigenvalue weighted by Gasteiger charge is 2.44. The third kappa shape index (κ3) is 11.0. The van der Waals surface area contributed by atoms with Crippen molar-refractivity contribution < 1.29 is 33.4 Å². The van der Waals surface area contributed by atoms with Gasteiger partial charge in [0.15, 0.2) is 0 Å². The molecule has 0 saturated carbocycles. The predicted octanol–water partition coefficient (Wildman–Crippen LogP) is 4.69. The van der Waals surface area contributed by atoms with Crippen LogP contribution in [-0.4, -0.2) is 108 Å². The molecule has 2 heterocycles. The van der Waals surface area contributed by atoms with Crippen LogP contribution in [0.3, 0.4) is 0 Å². The topological polar surface area (TPSA) is 150 Å². The molecule has 5 amide bonds. The van der Waals surface area contributed by atoms with Gasteiger partial charge in [0.1, 0.15) is 30.3 Å². The summed E-state index contributed by atoms with van der Waals surface area (Å²) in [5.74, 6) is -1.04. The van der Waals surface area contributed by atoms with Gasteiger partial charge >= 0.3 is 12.2 Å². The minimum absolute atomic E-state index is 0.132. The largest absolute Gasteiger partial charge is 0.445 e. The fourth-order valence-corrected chi connectivity index (χ4v) is 7.51. The molecule has 54 heavy (non-hydrogen) atoms. The van der Waals surface area contributed by atoms with Crippen molar-refractivity contribution in [1.29, 1.82) is 0 Å². The number of hydrogen-bond acceptors (Lipinski definition) is 8. The standard InChI is InChI=1S/C41H58N6O7/c1-28(45(5)40(52)54-41(2,3)4)36(48)44-34(21-11-12-23-42-39(51)53-27-29-15-7-6-8-16-29)38(50)47-25-31-19-14-24-46(31)26-35(47)37(49)43-33-22-13-18-30-17-9-10-20-32(30)33/h6-10,15-17,20,28,31,33-35H,11-14,18-19,21-27H2,1-5H3,(H,42,51)(H,43,49)(H,44,48)/t28-,31+,33+,34-,35-/m0/s1. The number of unbranched alkanes of at least 4 members (excludes halogenated alkanes) is 1. The molecule has 2 fully saturated rings. The SMILES string of the molecule is C[C@@H](C(=O)N[C@@H](CCCCNC(=O)OCc1ccccc1)C(=O)N1C[C@H]2CCCN2C[C@H]1C(=O)N[C@@H]1CCCc2ccccc21)N(C)C(=O)OC(C)(C)C. The second-order valence-electron chi connectivity index (χ2n) is 15.8. The summed E-state index contributed by atoms with van der Waals surface area (Å²) < 4.78 is 10.8. The first-order valence-corrected chi connectivity index (χ1v) is 19.4. The Bertz CT molecular complexity index is 1610. The van der Waals surface area contributed by atoms with Crippen molar-refractivity contribution in [3.05, 3.63) is 71.3 Å². The lowest BCUT2D eigenvalue weighted by Crippen LogP contribution is -2.65. The van der Waals surface area contributed by atoms with Gasteiger partial charge in [0.05, 0.1) is 6.04 Å². The summed E-state index contributed by atoms with van der Waals surface area (Å²) in [7, 11) is 1.49. The summed E-state index contributed by atoms with van der Waals surface area (Å²) in [4.78, 5) is 72.9. The van der Waals surface area contributed by atoms with E-state index >= 15 is 0 Å². The molecule has 0 aromatic heterocycles. The van der Waals surface area contributed by atoms with Gasteiger partial charge in [0.2, 0.25) is 17.7 Å². The lowest BCUT2D eigenvalue weighted by atomic mass is 9.87. The zero-order valence-electron chi connectivity index (χ0n) is 32.5. The maximum absolute atomic E-state index is 14.7. The van der Waals surface area contributed by atoms with Crippen molar-refractivity contribution in [2.75, 3.05) is 33.2 Å². The predicted molar refractivity (Wildman–Crippen MR) is 204 cm³/mol. The van der Waals surface area contributed by atoms with Crippen molar-refractivity contribution in [1.82, 2.24) is 30.7 Å². The summed E-state index contributed by atoms with van der Waals surface area (Å²) in [5, 5.41) is 8.97. The molecule has 2 aromatic rings. The molecule has 3 N–H and O–H groups in total. The van der Waals surface area contributed by atoms with Gasteiger partial charge in [0, 0.05) is 32.7 Å². The third-order valence-electron chi connectivity index (χ3n) is 10.6. The fourth-order valence-electron chi connectivity index (χ4n) is 7.51. The second-order valence-corrected chi connectivity index (χ2v) is 15.8. The Kier molecular flexibility index (Phi) is 14.0. The maximum Gasteiger partial charge on any atom is 0.410 e. The van der Waals surface area contributed by atoms with E-state index in [4.69, 9.17) is 9.47 Å². The minimum atomic E-state index is -0.962. The van der Waals surface area contributed by atoms with E-state index in [1.807, 2.05) is 42.5 Å². The van der Waals surface area contributed by atoms with Crippen LogP contribution in [0.15, 0.2) is 54.6 Å². The molecule has 5 rings (SSSR count). The monoisotopic (exact) mass is 746 g/mol. The van der Waals surface area contributed by atoms with Crippen LogP contribution in [0, 0.1) is 0 Å². The number of fused-ring (bicyclic) bond motifs is 2. The molecule has 0 radical (unpaired) electrons. The van der Waals surface area contributed by atoms with E-state index in [0.717, 1.165) is 49.8 Å². The highest BCUT2D eigenvalue weighted by Crippen LogP contribution is 2.31. The minimum Gasteiger partial charge on any atom is -0.445 e. The third-order valence-corrected chi connectivity index (χ3v) is 10.6. The molecule has 0 unspecified atom stereocenters. The molecule has 13 nitrogen and oxygen atoms in total. The zero-order chi connectivity index (χ0) is 38.8. The Morgan fingerprint density at radius 1 is 0.944 bits per heavy atom. The molecule has 2 saturated heterocycles. The average Bonchev–Trinajstić information content (AvgIpc) is 3.62. The number of likely N-dealkylation sites (N-methyl/N-ethyl adjacent to an activating group) is 1. The Labute approximate surface area is 319 Å². The number of aryl methyl sites for hydroxylation is 1. The molecular formula is C41H58N6O7. The number of piperazine rings is 1. The van der Waals surface area contributed by atoms with E-state index in [-0.39, 0.29) is 36.9 Å². The van der Waals surface area contributed by atoms with Crippen LogP contribution in [0.1, 0.15) is 95.4 Å². The Morgan fingerprint density at radius 3 is 2.44 bits per heavy atom. The number of benzene rings is 2. The second kappa shape index (κ2) is 18.6. The molecule has 0 bridgehead atoms.